The van der Waals surface area contributed by atoms with Gasteiger partial charge in [0, 0.05) is 24.5 Å². The summed E-state index contributed by atoms with van der Waals surface area (Å²) in [5.41, 5.74) is 1.91. The molecule has 0 unspecified atom stereocenters. The fraction of sp³-hybridized carbons (Fsp3) is 0.200. The first-order chi connectivity index (χ1) is 10.3. The highest BCUT2D eigenvalue weighted by Gasteiger charge is 2.16. The van der Waals surface area contributed by atoms with Gasteiger partial charge in [0.25, 0.3) is 5.91 Å². The number of hydrogen-bond acceptors (Lipinski definition) is 5. The molecule has 0 bridgehead atoms. The highest BCUT2D eigenvalue weighted by Crippen LogP contribution is 2.34. The van der Waals surface area contributed by atoms with E-state index in [0.29, 0.717) is 28.4 Å². The number of nitrogens with one attached hydrogen (secondary N) is 2. The number of rotatable bonds is 4. The summed E-state index contributed by atoms with van der Waals surface area (Å²) in [6.45, 7) is 2.89. The molecule has 3 rings (SSSR count). The van der Waals surface area contributed by atoms with Gasteiger partial charge < -0.3 is 20.1 Å². The second-order valence-corrected chi connectivity index (χ2v) is 4.47. The zero-order valence-corrected chi connectivity index (χ0v) is 11.6. The Bertz CT molecular complexity index is 673. The normalized spacial score (nSPS) is 12.0. The van der Waals surface area contributed by atoms with Crippen LogP contribution in [0.3, 0.4) is 0 Å². The lowest BCUT2D eigenvalue weighted by Crippen LogP contribution is -2.15. The lowest BCUT2D eigenvalue weighted by Gasteiger charge is -2.10. The topological polar surface area (TPSA) is 72.5 Å². The van der Waals surface area contributed by atoms with Crippen LogP contribution in [0, 0.1) is 0 Å². The van der Waals surface area contributed by atoms with Crippen molar-refractivity contribution in [2.24, 2.45) is 0 Å². The molecule has 1 aromatic carbocycles. The zero-order valence-electron chi connectivity index (χ0n) is 11.6. The summed E-state index contributed by atoms with van der Waals surface area (Å²) < 4.78 is 10.5. The number of carbonyl (C=O) groups excluding carboxylic acids is 1. The van der Waals surface area contributed by atoms with E-state index in [1.807, 2.05) is 6.92 Å². The number of amides is 1. The Morgan fingerprint density at radius 1 is 1.29 bits per heavy atom. The molecule has 2 N–H and O–H groups in total. The third-order valence-electron chi connectivity index (χ3n) is 3.06. The smallest absolute Gasteiger partial charge is 0.257 e. The summed E-state index contributed by atoms with van der Waals surface area (Å²) in [5, 5.41) is 5.96. The van der Waals surface area contributed by atoms with Crippen LogP contribution < -0.4 is 20.1 Å². The molecule has 0 aliphatic carbocycles. The minimum Gasteiger partial charge on any atom is -0.454 e. The summed E-state index contributed by atoms with van der Waals surface area (Å²) in [6, 6.07) is 6.98. The molecular weight excluding hydrogens is 270 g/mol. The van der Waals surface area contributed by atoms with Crippen LogP contribution in [0.2, 0.25) is 0 Å². The van der Waals surface area contributed by atoms with Gasteiger partial charge in [0.15, 0.2) is 11.5 Å². The van der Waals surface area contributed by atoms with Crippen LogP contribution in [0.1, 0.15) is 17.3 Å². The maximum absolute atomic E-state index is 12.4. The van der Waals surface area contributed by atoms with Crippen molar-refractivity contribution in [3.63, 3.8) is 0 Å². The van der Waals surface area contributed by atoms with Crippen molar-refractivity contribution in [2.75, 3.05) is 24.0 Å². The van der Waals surface area contributed by atoms with E-state index < -0.39 is 0 Å². The summed E-state index contributed by atoms with van der Waals surface area (Å²) in [7, 11) is 0. The number of nitrogens with zero attached hydrogens (tertiary/aromatic N) is 1. The van der Waals surface area contributed by atoms with Crippen molar-refractivity contribution in [2.45, 2.75) is 6.92 Å². The van der Waals surface area contributed by atoms with Crippen LogP contribution in [0.15, 0.2) is 36.7 Å². The maximum Gasteiger partial charge on any atom is 0.257 e. The first-order valence-corrected chi connectivity index (χ1v) is 6.67. The number of benzene rings is 1. The Morgan fingerprint density at radius 3 is 3.00 bits per heavy atom. The number of anilines is 2. The molecule has 21 heavy (non-hydrogen) atoms. The maximum atomic E-state index is 12.4. The van der Waals surface area contributed by atoms with Gasteiger partial charge in [-0.3, -0.25) is 9.78 Å². The van der Waals surface area contributed by atoms with Gasteiger partial charge in [-0.1, -0.05) is 0 Å². The molecule has 1 aliphatic heterocycles. The van der Waals surface area contributed by atoms with Crippen molar-refractivity contribution in [1.82, 2.24) is 4.98 Å². The highest BCUT2D eigenvalue weighted by molar-refractivity contribution is 6.08. The van der Waals surface area contributed by atoms with Crippen LogP contribution >= 0.6 is 0 Å². The summed E-state index contributed by atoms with van der Waals surface area (Å²) in [4.78, 5) is 16.4. The van der Waals surface area contributed by atoms with E-state index in [1.165, 1.54) is 0 Å². The van der Waals surface area contributed by atoms with E-state index >= 15 is 0 Å². The lowest BCUT2D eigenvalue weighted by atomic mass is 10.2. The van der Waals surface area contributed by atoms with Crippen LogP contribution in [-0.2, 0) is 0 Å². The molecule has 0 atom stereocenters. The van der Waals surface area contributed by atoms with Gasteiger partial charge in [0.1, 0.15) is 0 Å². The molecule has 0 spiro atoms. The van der Waals surface area contributed by atoms with Crippen molar-refractivity contribution >= 4 is 17.3 Å². The monoisotopic (exact) mass is 285 g/mol. The zero-order chi connectivity index (χ0) is 14.7. The number of ether oxygens (including phenoxy) is 2. The fourth-order valence-electron chi connectivity index (χ4n) is 2.10. The number of pyridine rings is 1. The van der Waals surface area contributed by atoms with Gasteiger partial charge in [-0.05, 0) is 25.1 Å². The lowest BCUT2D eigenvalue weighted by molar-refractivity contribution is 0.102. The third kappa shape index (κ3) is 2.74. The van der Waals surface area contributed by atoms with E-state index in [9.17, 15) is 4.79 Å². The van der Waals surface area contributed by atoms with Gasteiger partial charge in [-0.25, -0.2) is 0 Å². The molecule has 0 saturated heterocycles. The van der Waals surface area contributed by atoms with E-state index in [0.717, 1.165) is 6.54 Å². The molecule has 1 amide bonds. The number of fused-ring (bicyclic) bond motifs is 1. The van der Waals surface area contributed by atoms with E-state index in [2.05, 4.69) is 15.6 Å². The van der Waals surface area contributed by atoms with Crippen molar-refractivity contribution in [3.05, 3.63) is 42.2 Å². The van der Waals surface area contributed by atoms with E-state index in [-0.39, 0.29) is 12.7 Å². The van der Waals surface area contributed by atoms with Gasteiger partial charge in [-0.15, -0.1) is 0 Å². The van der Waals surface area contributed by atoms with Crippen molar-refractivity contribution in [3.8, 4) is 11.5 Å². The minimum absolute atomic E-state index is 0.202. The molecule has 1 aliphatic rings. The van der Waals surface area contributed by atoms with Crippen LogP contribution in [0.5, 0.6) is 11.5 Å². The Balaban J connectivity index is 1.80. The average Bonchev–Trinajstić information content (AvgIpc) is 2.95. The van der Waals surface area contributed by atoms with Gasteiger partial charge in [0.2, 0.25) is 6.79 Å². The second kappa shape index (κ2) is 5.70. The molecule has 0 saturated carbocycles. The Labute approximate surface area is 122 Å². The molecule has 6 nitrogen and oxygen atoms in total. The molecule has 108 valence electrons. The standard InChI is InChI=1S/C15H15N3O3/c1-2-17-12-8-16-6-5-11(12)15(19)18-10-3-4-13-14(7-10)21-9-20-13/h3-8,17H,2,9H2,1H3,(H,18,19). The van der Waals surface area contributed by atoms with Crippen molar-refractivity contribution < 1.29 is 14.3 Å². The Morgan fingerprint density at radius 2 is 2.14 bits per heavy atom. The summed E-state index contributed by atoms with van der Waals surface area (Å²) in [6.07, 6.45) is 3.23. The Hall–Kier alpha value is -2.76. The van der Waals surface area contributed by atoms with Gasteiger partial charge in [-0.2, -0.15) is 0 Å². The third-order valence-corrected chi connectivity index (χ3v) is 3.06. The predicted octanol–water partition coefficient (Wildman–Crippen LogP) is 2.49. The number of hydrogen-bond donors (Lipinski definition) is 2. The molecule has 1 aromatic heterocycles. The predicted molar refractivity (Wildman–Crippen MR) is 78.9 cm³/mol. The molecule has 6 heteroatoms. The first kappa shape index (κ1) is 13.2. The largest absolute Gasteiger partial charge is 0.454 e. The first-order valence-electron chi connectivity index (χ1n) is 6.67. The summed E-state index contributed by atoms with van der Waals surface area (Å²) >= 11 is 0. The van der Waals surface area contributed by atoms with Crippen LogP contribution in [0.25, 0.3) is 0 Å². The summed E-state index contributed by atoms with van der Waals surface area (Å²) in [5.74, 6) is 1.12. The van der Waals surface area contributed by atoms with E-state index in [1.54, 1.807) is 36.7 Å². The second-order valence-electron chi connectivity index (χ2n) is 4.47. The quantitative estimate of drug-likeness (QED) is 0.903. The van der Waals surface area contributed by atoms with E-state index in [4.69, 9.17) is 9.47 Å². The molecule has 2 heterocycles. The Kier molecular flexibility index (Phi) is 3.59. The molecule has 0 fully saturated rings. The molecular formula is C15H15N3O3. The minimum atomic E-state index is -0.202. The van der Waals surface area contributed by atoms with Gasteiger partial charge >= 0.3 is 0 Å². The fourth-order valence-corrected chi connectivity index (χ4v) is 2.10. The van der Waals surface area contributed by atoms with Gasteiger partial charge in [0.05, 0.1) is 17.4 Å². The van der Waals surface area contributed by atoms with Crippen molar-refractivity contribution in [1.29, 1.82) is 0 Å². The number of carbonyl (C=O) groups is 1. The van der Waals surface area contributed by atoms with Crippen LogP contribution in [0.4, 0.5) is 11.4 Å². The number of aromatic nitrogens is 1. The average molecular weight is 285 g/mol. The SMILES string of the molecule is CCNc1cnccc1C(=O)Nc1ccc2c(c1)OCO2. The molecule has 2 aromatic rings. The highest BCUT2D eigenvalue weighted by atomic mass is 16.7. The molecule has 0 radical (unpaired) electrons. The van der Waals surface area contributed by atoms with Crippen LogP contribution in [-0.4, -0.2) is 24.2 Å².